The summed E-state index contributed by atoms with van der Waals surface area (Å²) >= 11 is 5.65. The monoisotopic (exact) mass is 334 g/mol. The van der Waals surface area contributed by atoms with Gasteiger partial charge < -0.3 is 4.74 Å². The molecular weight excluding hydrogens is 320 g/mol. The van der Waals surface area contributed by atoms with E-state index in [4.69, 9.17) is 16.3 Å². The Kier molecular flexibility index (Phi) is 5.15. The van der Waals surface area contributed by atoms with E-state index in [1.165, 1.54) is 25.0 Å². The van der Waals surface area contributed by atoms with Crippen molar-refractivity contribution in [1.29, 1.82) is 0 Å². The molecule has 1 aromatic rings. The summed E-state index contributed by atoms with van der Waals surface area (Å²) in [6.45, 7) is 1.03. The van der Waals surface area contributed by atoms with Gasteiger partial charge in [0.2, 0.25) is 10.0 Å². The Morgan fingerprint density at radius 2 is 2.14 bits per heavy atom. The molecule has 1 N–H and O–H groups in total. The number of nitro groups is 1. The maximum Gasteiger partial charge on any atom is 0.289 e. The number of nitro benzene ring substituents is 1. The normalized spacial score (nSPS) is 15.1. The van der Waals surface area contributed by atoms with E-state index in [1.54, 1.807) is 0 Å². The van der Waals surface area contributed by atoms with Crippen LogP contribution in [0.1, 0.15) is 12.8 Å². The highest BCUT2D eigenvalue weighted by molar-refractivity contribution is 7.89. The van der Waals surface area contributed by atoms with Crippen molar-refractivity contribution in [1.82, 2.24) is 4.72 Å². The largest absolute Gasteiger partial charge is 0.380 e. The third-order valence-corrected chi connectivity index (χ3v) is 4.79. The number of sulfonamides is 1. The summed E-state index contributed by atoms with van der Waals surface area (Å²) in [6.07, 6.45) is 2.33. The molecule has 0 radical (unpaired) electrons. The molecule has 2 rings (SSSR count). The summed E-state index contributed by atoms with van der Waals surface area (Å²) in [5.74, 6) is 0.612. The van der Waals surface area contributed by atoms with E-state index in [0.29, 0.717) is 12.5 Å². The second-order valence-electron chi connectivity index (χ2n) is 4.79. The van der Waals surface area contributed by atoms with Gasteiger partial charge in [0, 0.05) is 19.2 Å². The van der Waals surface area contributed by atoms with Gasteiger partial charge in [-0.15, -0.1) is 0 Å². The molecule has 0 atom stereocenters. The molecule has 0 aliphatic heterocycles. The fourth-order valence-electron chi connectivity index (χ4n) is 1.67. The van der Waals surface area contributed by atoms with E-state index < -0.39 is 20.6 Å². The van der Waals surface area contributed by atoms with Crippen molar-refractivity contribution in [3.05, 3.63) is 33.3 Å². The third kappa shape index (κ3) is 4.63. The average molecular weight is 335 g/mol. The number of nitrogens with one attached hydrogen (secondary N) is 1. The van der Waals surface area contributed by atoms with Crippen LogP contribution in [0.3, 0.4) is 0 Å². The molecule has 1 aromatic carbocycles. The van der Waals surface area contributed by atoms with Crippen molar-refractivity contribution >= 4 is 27.3 Å². The smallest absolute Gasteiger partial charge is 0.289 e. The summed E-state index contributed by atoms with van der Waals surface area (Å²) in [5, 5.41) is 10.7. The highest BCUT2D eigenvalue weighted by Crippen LogP contribution is 2.28. The van der Waals surface area contributed by atoms with Crippen molar-refractivity contribution in [2.24, 2.45) is 5.92 Å². The van der Waals surface area contributed by atoms with E-state index >= 15 is 0 Å². The molecule has 1 saturated carbocycles. The van der Waals surface area contributed by atoms with Crippen molar-refractivity contribution in [2.45, 2.75) is 17.7 Å². The molecule has 9 heteroatoms. The van der Waals surface area contributed by atoms with Gasteiger partial charge in [0.1, 0.15) is 5.02 Å². The number of ether oxygens (including phenoxy) is 1. The summed E-state index contributed by atoms with van der Waals surface area (Å²) in [6, 6.07) is 3.36. The van der Waals surface area contributed by atoms with E-state index in [9.17, 15) is 18.5 Å². The highest BCUT2D eigenvalue weighted by Gasteiger charge is 2.22. The Balaban J connectivity index is 1.94. The Bertz CT molecular complexity index is 631. The molecule has 0 heterocycles. The fourth-order valence-corrected chi connectivity index (χ4v) is 2.88. The predicted octanol–water partition coefficient (Wildman–Crippen LogP) is 1.95. The standard InChI is InChI=1S/C12H15ClN2O5S/c13-11-4-3-10(7-12(11)15(16)17)21(18,19)14-5-6-20-8-9-1-2-9/h3-4,7,9,14H,1-2,5-6,8H2. The lowest BCUT2D eigenvalue weighted by Gasteiger charge is -2.07. The van der Waals surface area contributed by atoms with Crippen LogP contribution in [0.4, 0.5) is 5.69 Å². The fraction of sp³-hybridized carbons (Fsp3) is 0.500. The summed E-state index contributed by atoms with van der Waals surface area (Å²) in [4.78, 5) is 9.84. The molecule has 0 spiro atoms. The molecule has 1 aliphatic carbocycles. The zero-order valence-corrected chi connectivity index (χ0v) is 12.7. The Hall–Kier alpha value is -1.22. The lowest BCUT2D eigenvalue weighted by molar-refractivity contribution is -0.384. The van der Waals surface area contributed by atoms with Gasteiger partial charge in [0.15, 0.2) is 0 Å². The second-order valence-corrected chi connectivity index (χ2v) is 6.96. The quantitative estimate of drug-likeness (QED) is 0.445. The number of benzene rings is 1. The molecular formula is C12H15ClN2O5S. The summed E-state index contributed by atoms with van der Waals surface area (Å²) in [5.41, 5.74) is -0.440. The van der Waals surface area contributed by atoms with Crippen LogP contribution in [-0.4, -0.2) is 33.1 Å². The maximum absolute atomic E-state index is 12.0. The molecule has 0 unspecified atom stereocenters. The van der Waals surface area contributed by atoms with Crippen LogP contribution in [0, 0.1) is 16.0 Å². The van der Waals surface area contributed by atoms with Crippen molar-refractivity contribution in [3.8, 4) is 0 Å². The van der Waals surface area contributed by atoms with Gasteiger partial charge in [-0.3, -0.25) is 10.1 Å². The van der Waals surface area contributed by atoms with E-state index in [-0.39, 0.29) is 23.1 Å². The van der Waals surface area contributed by atoms with Gasteiger partial charge >= 0.3 is 0 Å². The van der Waals surface area contributed by atoms with Gasteiger partial charge in [0.05, 0.1) is 16.4 Å². The van der Waals surface area contributed by atoms with Crippen LogP contribution in [-0.2, 0) is 14.8 Å². The summed E-state index contributed by atoms with van der Waals surface area (Å²) < 4.78 is 31.6. The molecule has 0 aromatic heterocycles. The number of nitrogens with zero attached hydrogens (tertiary/aromatic N) is 1. The molecule has 0 saturated heterocycles. The minimum absolute atomic E-state index is 0.105. The number of rotatable bonds is 8. The Morgan fingerprint density at radius 1 is 1.43 bits per heavy atom. The molecule has 21 heavy (non-hydrogen) atoms. The molecule has 7 nitrogen and oxygen atoms in total. The Morgan fingerprint density at radius 3 is 2.76 bits per heavy atom. The first kappa shape index (κ1) is 16.2. The van der Waals surface area contributed by atoms with Gasteiger partial charge in [-0.25, -0.2) is 13.1 Å². The van der Waals surface area contributed by atoms with Gasteiger partial charge in [0.25, 0.3) is 5.69 Å². The van der Waals surface area contributed by atoms with Gasteiger partial charge in [-0.05, 0) is 30.9 Å². The van der Waals surface area contributed by atoms with Gasteiger partial charge in [-0.2, -0.15) is 0 Å². The zero-order valence-electron chi connectivity index (χ0n) is 11.1. The minimum atomic E-state index is -3.81. The molecule has 1 fully saturated rings. The van der Waals surface area contributed by atoms with Crippen LogP contribution < -0.4 is 4.72 Å². The number of halogens is 1. The van der Waals surface area contributed by atoms with E-state index in [0.717, 1.165) is 6.07 Å². The molecule has 0 bridgehead atoms. The second kappa shape index (κ2) is 6.69. The number of hydrogen-bond acceptors (Lipinski definition) is 5. The van der Waals surface area contributed by atoms with Crippen LogP contribution in [0.15, 0.2) is 23.1 Å². The van der Waals surface area contributed by atoms with Crippen molar-refractivity contribution in [3.63, 3.8) is 0 Å². The van der Waals surface area contributed by atoms with E-state index in [2.05, 4.69) is 4.72 Å². The van der Waals surface area contributed by atoms with Gasteiger partial charge in [-0.1, -0.05) is 11.6 Å². The molecule has 0 amide bonds. The summed E-state index contributed by atoms with van der Waals surface area (Å²) in [7, 11) is -3.81. The first-order valence-corrected chi connectivity index (χ1v) is 8.27. The van der Waals surface area contributed by atoms with Crippen molar-refractivity contribution < 1.29 is 18.1 Å². The lowest BCUT2D eigenvalue weighted by Crippen LogP contribution is -2.27. The predicted molar refractivity (Wildman–Crippen MR) is 76.8 cm³/mol. The Labute approximate surface area is 127 Å². The molecule has 116 valence electrons. The average Bonchev–Trinajstić information content (AvgIpc) is 3.22. The van der Waals surface area contributed by atoms with Crippen LogP contribution >= 0.6 is 11.6 Å². The van der Waals surface area contributed by atoms with Crippen LogP contribution in [0.25, 0.3) is 0 Å². The highest BCUT2D eigenvalue weighted by atomic mass is 35.5. The zero-order chi connectivity index (χ0) is 15.5. The van der Waals surface area contributed by atoms with Crippen LogP contribution in [0.5, 0.6) is 0 Å². The third-order valence-electron chi connectivity index (χ3n) is 3.01. The lowest BCUT2D eigenvalue weighted by atomic mass is 10.3. The first-order chi connectivity index (χ1) is 9.90. The number of hydrogen-bond donors (Lipinski definition) is 1. The maximum atomic E-state index is 12.0. The topological polar surface area (TPSA) is 98.5 Å². The SMILES string of the molecule is O=[N+]([O-])c1cc(S(=O)(=O)NCCOCC2CC2)ccc1Cl. The molecule has 1 aliphatic rings. The minimum Gasteiger partial charge on any atom is -0.380 e. The van der Waals surface area contributed by atoms with Crippen LogP contribution in [0.2, 0.25) is 5.02 Å². The van der Waals surface area contributed by atoms with E-state index in [1.807, 2.05) is 0 Å². The first-order valence-electron chi connectivity index (χ1n) is 6.41. The van der Waals surface area contributed by atoms with Crippen molar-refractivity contribution in [2.75, 3.05) is 19.8 Å².